The molecule has 11 nitrogen and oxygen atoms in total. The Morgan fingerprint density at radius 1 is 0.981 bits per heavy atom. The highest BCUT2D eigenvalue weighted by Gasteiger charge is 2.30. The van der Waals surface area contributed by atoms with Crippen molar-refractivity contribution in [3.63, 3.8) is 0 Å². The number of carbonyl (C=O) groups is 3. The first-order valence-corrected chi connectivity index (χ1v) is 17.2. The molecule has 0 bridgehead atoms. The molecule has 1 aliphatic heterocycles. The van der Waals surface area contributed by atoms with Crippen molar-refractivity contribution in [3.8, 4) is 45.5 Å². The molecule has 2 amide bonds. The molecule has 6 rings (SSSR count). The highest BCUT2D eigenvalue weighted by atomic mass is 35.5. The standard InChI is InChI=1S/C40H41ClN4O7/c1-40(2,3)52-39(48)44(21-25-14-16-36(47)42-25)22-31-34(49-4)19-26(20-35(31)50-5)45-18-17-28-27(9-8-12-33(28)45)29-10-7-11-30(37(29)41)32-15-13-24(23-46)38(43-32)51-6/h7-13,15,17-20,23,25H,14,16,21-22H2,1-6H3,(H,42,47)/t25-/m0/s1. The van der Waals surface area contributed by atoms with Crippen LogP contribution >= 0.6 is 11.6 Å². The lowest BCUT2D eigenvalue weighted by Gasteiger charge is -2.30. The molecular formula is C40H41ClN4O7. The van der Waals surface area contributed by atoms with E-state index in [2.05, 4.69) is 10.3 Å². The molecule has 2 aromatic heterocycles. The quantitative estimate of drug-likeness (QED) is 0.137. The highest BCUT2D eigenvalue weighted by molar-refractivity contribution is 6.36. The van der Waals surface area contributed by atoms with Gasteiger partial charge in [-0.15, -0.1) is 0 Å². The molecule has 52 heavy (non-hydrogen) atoms. The average molecular weight is 725 g/mol. The summed E-state index contributed by atoms with van der Waals surface area (Å²) in [5.74, 6) is 1.24. The average Bonchev–Trinajstić information content (AvgIpc) is 3.76. The minimum Gasteiger partial charge on any atom is -0.496 e. The molecule has 0 saturated carbocycles. The Morgan fingerprint density at radius 2 is 1.67 bits per heavy atom. The number of rotatable bonds is 11. The summed E-state index contributed by atoms with van der Waals surface area (Å²) >= 11 is 7.08. The van der Waals surface area contributed by atoms with E-state index < -0.39 is 11.7 Å². The van der Waals surface area contributed by atoms with Gasteiger partial charge in [-0.05, 0) is 57.0 Å². The third-order valence-electron chi connectivity index (χ3n) is 8.91. The van der Waals surface area contributed by atoms with Crippen molar-refractivity contribution < 1.29 is 33.3 Å². The Bertz CT molecular complexity index is 2130. The van der Waals surface area contributed by atoms with E-state index in [0.717, 1.165) is 27.7 Å². The maximum atomic E-state index is 13.4. The Balaban J connectivity index is 1.37. The van der Waals surface area contributed by atoms with Crippen LogP contribution in [0.15, 0.2) is 72.9 Å². The fourth-order valence-electron chi connectivity index (χ4n) is 6.49. The maximum absolute atomic E-state index is 13.4. The molecule has 0 spiro atoms. The number of aldehydes is 1. The zero-order chi connectivity index (χ0) is 37.2. The molecular weight excluding hydrogens is 684 g/mol. The van der Waals surface area contributed by atoms with E-state index in [4.69, 9.17) is 30.5 Å². The van der Waals surface area contributed by atoms with Crippen molar-refractivity contribution in [2.75, 3.05) is 27.9 Å². The normalized spacial score (nSPS) is 14.2. The van der Waals surface area contributed by atoms with Gasteiger partial charge in [-0.3, -0.25) is 9.59 Å². The fraction of sp³-hybridized carbons (Fsp3) is 0.300. The SMILES string of the molecule is COc1cc(-n2ccc3c(-c4cccc(-c5ccc(C=O)c(OC)n5)c4Cl)cccc32)cc(OC)c1CN(C[C@@H]1CCC(=O)N1)C(=O)OC(C)(C)C. The van der Waals surface area contributed by atoms with Crippen LogP contribution in [-0.2, 0) is 16.1 Å². The molecule has 3 aromatic carbocycles. The summed E-state index contributed by atoms with van der Waals surface area (Å²) in [6.45, 7) is 5.86. The van der Waals surface area contributed by atoms with E-state index >= 15 is 0 Å². The summed E-state index contributed by atoms with van der Waals surface area (Å²) in [5.41, 5.74) is 5.02. The van der Waals surface area contributed by atoms with E-state index in [-0.39, 0.29) is 30.9 Å². The molecule has 0 aliphatic carbocycles. The Hall–Kier alpha value is -5.55. The van der Waals surface area contributed by atoms with Gasteiger partial charge in [-0.1, -0.05) is 41.9 Å². The second-order valence-corrected chi connectivity index (χ2v) is 13.9. The van der Waals surface area contributed by atoms with E-state index in [9.17, 15) is 14.4 Å². The monoisotopic (exact) mass is 724 g/mol. The molecule has 1 saturated heterocycles. The van der Waals surface area contributed by atoms with Gasteiger partial charge in [0.25, 0.3) is 0 Å². The molecule has 1 fully saturated rings. The predicted molar refractivity (Wildman–Crippen MR) is 200 cm³/mol. The first-order valence-electron chi connectivity index (χ1n) is 16.9. The number of pyridine rings is 1. The minimum atomic E-state index is -0.709. The van der Waals surface area contributed by atoms with Gasteiger partial charge in [0.1, 0.15) is 17.1 Å². The lowest BCUT2D eigenvalue weighted by atomic mass is 9.98. The molecule has 3 heterocycles. The number of carbonyl (C=O) groups excluding carboxylic acids is 3. The number of halogens is 1. The Morgan fingerprint density at radius 3 is 2.31 bits per heavy atom. The number of aromatic nitrogens is 2. The largest absolute Gasteiger partial charge is 0.496 e. The third kappa shape index (κ3) is 7.41. The van der Waals surface area contributed by atoms with Gasteiger partial charge in [0.15, 0.2) is 6.29 Å². The first-order chi connectivity index (χ1) is 24.9. The van der Waals surface area contributed by atoms with Crippen molar-refractivity contribution in [3.05, 3.63) is 89.1 Å². The molecule has 1 aliphatic rings. The van der Waals surface area contributed by atoms with Crippen LogP contribution in [0.3, 0.4) is 0 Å². The second-order valence-electron chi connectivity index (χ2n) is 13.5. The summed E-state index contributed by atoms with van der Waals surface area (Å²) in [7, 11) is 4.63. The van der Waals surface area contributed by atoms with Crippen LogP contribution in [0, 0.1) is 0 Å². The van der Waals surface area contributed by atoms with Gasteiger partial charge in [-0.25, -0.2) is 9.78 Å². The molecule has 270 valence electrons. The van der Waals surface area contributed by atoms with E-state index in [1.54, 1.807) is 31.3 Å². The van der Waals surface area contributed by atoms with Crippen molar-refractivity contribution in [1.29, 1.82) is 0 Å². The molecule has 1 N–H and O–H groups in total. The number of nitrogens with one attached hydrogen (secondary N) is 1. The zero-order valence-electron chi connectivity index (χ0n) is 30.0. The summed E-state index contributed by atoms with van der Waals surface area (Å²) in [6, 6.07) is 20.8. The number of benzene rings is 3. The highest BCUT2D eigenvalue weighted by Crippen LogP contribution is 2.41. The minimum absolute atomic E-state index is 0.0335. The number of ether oxygens (including phenoxy) is 4. The number of hydrogen-bond acceptors (Lipinski definition) is 8. The van der Waals surface area contributed by atoms with E-state index in [0.29, 0.717) is 58.0 Å². The summed E-state index contributed by atoms with van der Waals surface area (Å²) < 4.78 is 24.9. The van der Waals surface area contributed by atoms with Crippen LogP contribution in [0.5, 0.6) is 17.4 Å². The van der Waals surface area contributed by atoms with Gasteiger partial charge < -0.3 is 33.7 Å². The Kier molecular flexibility index (Phi) is 10.4. The van der Waals surface area contributed by atoms with Crippen molar-refractivity contribution in [1.82, 2.24) is 19.8 Å². The Labute approximate surface area is 307 Å². The van der Waals surface area contributed by atoms with Crippen LogP contribution in [0.25, 0.3) is 39.0 Å². The molecule has 0 unspecified atom stereocenters. The van der Waals surface area contributed by atoms with Gasteiger partial charge in [0.2, 0.25) is 11.8 Å². The van der Waals surface area contributed by atoms with Crippen molar-refractivity contribution in [2.24, 2.45) is 0 Å². The number of hydrogen-bond donors (Lipinski definition) is 1. The summed E-state index contributed by atoms with van der Waals surface area (Å²) in [6.07, 6.45) is 3.22. The third-order valence-corrected chi connectivity index (χ3v) is 9.31. The van der Waals surface area contributed by atoms with Gasteiger partial charge >= 0.3 is 6.09 Å². The molecule has 12 heteroatoms. The van der Waals surface area contributed by atoms with Crippen LogP contribution in [0.2, 0.25) is 5.02 Å². The second kappa shape index (κ2) is 15.0. The zero-order valence-corrected chi connectivity index (χ0v) is 30.7. The number of fused-ring (bicyclic) bond motifs is 1. The lowest BCUT2D eigenvalue weighted by molar-refractivity contribution is -0.119. The summed E-state index contributed by atoms with van der Waals surface area (Å²) in [5, 5.41) is 4.42. The number of nitrogens with zero attached hydrogens (tertiary/aromatic N) is 3. The van der Waals surface area contributed by atoms with Crippen molar-refractivity contribution >= 4 is 40.8 Å². The van der Waals surface area contributed by atoms with E-state index in [1.807, 2.05) is 86.1 Å². The first kappa shape index (κ1) is 36.2. The molecule has 1 atom stereocenters. The maximum Gasteiger partial charge on any atom is 0.410 e. The van der Waals surface area contributed by atoms with Crippen LogP contribution in [-0.4, -0.2) is 72.3 Å². The van der Waals surface area contributed by atoms with Crippen LogP contribution < -0.4 is 19.5 Å². The summed E-state index contributed by atoms with van der Waals surface area (Å²) in [4.78, 5) is 42.9. The van der Waals surface area contributed by atoms with Gasteiger partial charge in [0.05, 0.1) is 60.9 Å². The van der Waals surface area contributed by atoms with Gasteiger partial charge in [-0.2, -0.15) is 0 Å². The predicted octanol–water partition coefficient (Wildman–Crippen LogP) is 7.87. The van der Waals surface area contributed by atoms with Crippen molar-refractivity contribution in [2.45, 2.75) is 51.8 Å². The number of methoxy groups -OCH3 is 3. The molecule has 0 radical (unpaired) electrons. The van der Waals surface area contributed by atoms with Gasteiger partial charge in [0, 0.05) is 53.9 Å². The lowest BCUT2D eigenvalue weighted by Crippen LogP contribution is -2.43. The fourth-order valence-corrected chi connectivity index (χ4v) is 6.81. The van der Waals surface area contributed by atoms with E-state index in [1.165, 1.54) is 7.11 Å². The van der Waals surface area contributed by atoms with Crippen LogP contribution in [0.4, 0.5) is 4.79 Å². The topological polar surface area (TPSA) is 121 Å². The smallest absolute Gasteiger partial charge is 0.410 e. The molecule has 5 aromatic rings. The van der Waals surface area contributed by atoms with Crippen LogP contribution in [0.1, 0.15) is 49.5 Å². The number of amides is 2.